The summed E-state index contributed by atoms with van der Waals surface area (Å²) in [4.78, 5) is 2.43. The van der Waals surface area contributed by atoms with Gasteiger partial charge in [-0.1, -0.05) is 6.42 Å². The van der Waals surface area contributed by atoms with Crippen LogP contribution in [0.4, 0.5) is 0 Å². The second-order valence-electron chi connectivity index (χ2n) is 5.44. The SMILES string of the molecule is COCC(O)CN1CCCCC1CNC1CC1. The molecule has 1 saturated carbocycles. The van der Waals surface area contributed by atoms with E-state index in [9.17, 15) is 5.11 Å². The Labute approximate surface area is 104 Å². The minimum absolute atomic E-state index is 0.346. The van der Waals surface area contributed by atoms with E-state index in [0.717, 1.165) is 25.7 Å². The number of β-amino-alcohol motifs (C(OH)–C–C–N with tert-alkyl or cyclic N) is 1. The zero-order valence-corrected chi connectivity index (χ0v) is 10.9. The first-order valence-corrected chi connectivity index (χ1v) is 6.94. The molecular weight excluding hydrogens is 216 g/mol. The average Bonchev–Trinajstić information content (AvgIpc) is 3.12. The van der Waals surface area contributed by atoms with Gasteiger partial charge in [0.15, 0.2) is 0 Å². The molecule has 1 heterocycles. The highest BCUT2D eigenvalue weighted by molar-refractivity contribution is 4.86. The maximum absolute atomic E-state index is 9.82. The van der Waals surface area contributed by atoms with Crippen LogP contribution < -0.4 is 5.32 Å². The Kier molecular flexibility index (Phi) is 5.22. The quantitative estimate of drug-likeness (QED) is 0.686. The van der Waals surface area contributed by atoms with Gasteiger partial charge in [-0.15, -0.1) is 0 Å². The summed E-state index contributed by atoms with van der Waals surface area (Å²) in [5, 5.41) is 13.4. The van der Waals surface area contributed by atoms with Gasteiger partial charge in [0.2, 0.25) is 0 Å². The molecule has 0 aromatic carbocycles. The number of aliphatic hydroxyl groups is 1. The van der Waals surface area contributed by atoms with Gasteiger partial charge in [-0.05, 0) is 32.2 Å². The van der Waals surface area contributed by atoms with Crippen LogP contribution in [0.3, 0.4) is 0 Å². The maximum Gasteiger partial charge on any atom is 0.0900 e. The second kappa shape index (κ2) is 6.69. The lowest BCUT2D eigenvalue weighted by molar-refractivity contribution is 0.0181. The zero-order valence-electron chi connectivity index (χ0n) is 10.9. The number of hydrogen-bond donors (Lipinski definition) is 2. The third-order valence-corrected chi connectivity index (χ3v) is 3.77. The van der Waals surface area contributed by atoms with Crippen molar-refractivity contribution in [2.24, 2.45) is 0 Å². The molecule has 0 spiro atoms. The van der Waals surface area contributed by atoms with Crippen molar-refractivity contribution < 1.29 is 9.84 Å². The highest BCUT2D eigenvalue weighted by atomic mass is 16.5. The summed E-state index contributed by atoms with van der Waals surface area (Å²) in [5.41, 5.74) is 0. The molecule has 2 rings (SSSR count). The van der Waals surface area contributed by atoms with E-state index in [1.165, 1.54) is 32.1 Å². The molecule has 2 N–H and O–H groups in total. The normalized spacial score (nSPS) is 28.2. The van der Waals surface area contributed by atoms with Crippen molar-refractivity contribution in [3.63, 3.8) is 0 Å². The van der Waals surface area contributed by atoms with Gasteiger partial charge in [-0.3, -0.25) is 4.90 Å². The predicted molar refractivity (Wildman–Crippen MR) is 68.1 cm³/mol. The number of aliphatic hydroxyl groups excluding tert-OH is 1. The lowest BCUT2D eigenvalue weighted by Crippen LogP contribution is -2.49. The fourth-order valence-corrected chi connectivity index (χ4v) is 2.64. The number of piperidine rings is 1. The molecule has 4 heteroatoms. The first-order valence-electron chi connectivity index (χ1n) is 6.94. The largest absolute Gasteiger partial charge is 0.389 e. The summed E-state index contributed by atoms with van der Waals surface area (Å²) in [6, 6.07) is 1.39. The minimum atomic E-state index is -0.346. The van der Waals surface area contributed by atoms with Gasteiger partial charge in [0, 0.05) is 32.3 Å². The van der Waals surface area contributed by atoms with Crippen LogP contribution >= 0.6 is 0 Å². The molecule has 1 aliphatic heterocycles. The lowest BCUT2D eigenvalue weighted by atomic mass is 10.0. The van der Waals surface area contributed by atoms with Gasteiger partial charge in [0.05, 0.1) is 12.7 Å². The van der Waals surface area contributed by atoms with Crippen LogP contribution in [-0.2, 0) is 4.74 Å². The summed E-state index contributed by atoms with van der Waals surface area (Å²) in [5.74, 6) is 0. The number of ether oxygens (including phenoxy) is 1. The smallest absolute Gasteiger partial charge is 0.0900 e. The van der Waals surface area contributed by atoms with Crippen LogP contribution in [0.2, 0.25) is 0 Å². The van der Waals surface area contributed by atoms with E-state index in [1.54, 1.807) is 7.11 Å². The summed E-state index contributed by atoms with van der Waals surface area (Å²) >= 11 is 0. The van der Waals surface area contributed by atoms with Crippen LogP contribution in [-0.4, -0.2) is 61.5 Å². The molecule has 17 heavy (non-hydrogen) atoms. The topological polar surface area (TPSA) is 44.7 Å². The molecule has 2 atom stereocenters. The highest BCUT2D eigenvalue weighted by Gasteiger charge is 2.27. The minimum Gasteiger partial charge on any atom is -0.389 e. The summed E-state index contributed by atoms with van der Waals surface area (Å²) < 4.78 is 5.00. The number of nitrogens with zero attached hydrogens (tertiary/aromatic N) is 1. The Hall–Kier alpha value is -0.160. The molecule has 0 radical (unpaired) electrons. The second-order valence-corrected chi connectivity index (χ2v) is 5.44. The third kappa shape index (κ3) is 4.54. The molecule has 100 valence electrons. The van der Waals surface area contributed by atoms with Gasteiger partial charge in [0.25, 0.3) is 0 Å². The van der Waals surface area contributed by atoms with Gasteiger partial charge in [-0.25, -0.2) is 0 Å². The van der Waals surface area contributed by atoms with E-state index in [-0.39, 0.29) is 6.10 Å². The molecule has 2 aliphatic rings. The van der Waals surface area contributed by atoms with Crippen LogP contribution in [0.1, 0.15) is 32.1 Å². The highest BCUT2D eigenvalue weighted by Crippen LogP contribution is 2.21. The lowest BCUT2D eigenvalue weighted by Gasteiger charge is -2.37. The van der Waals surface area contributed by atoms with E-state index in [1.807, 2.05) is 0 Å². The van der Waals surface area contributed by atoms with Crippen molar-refractivity contribution in [3.8, 4) is 0 Å². The molecule has 0 amide bonds. The van der Waals surface area contributed by atoms with Crippen molar-refractivity contribution in [2.75, 3.05) is 33.4 Å². The van der Waals surface area contributed by atoms with Gasteiger partial charge < -0.3 is 15.2 Å². The molecule has 0 bridgehead atoms. The monoisotopic (exact) mass is 242 g/mol. The van der Waals surface area contributed by atoms with Gasteiger partial charge in [-0.2, -0.15) is 0 Å². The van der Waals surface area contributed by atoms with E-state index >= 15 is 0 Å². The van der Waals surface area contributed by atoms with Crippen LogP contribution in [0, 0.1) is 0 Å². The Bertz CT molecular complexity index is 221. The molecule has 4 nitrogen and oxygen atoms in total. The first-order chi connectivity index (χ1) is 8.29. The number of hydrogen-bond acceptors (Lipinski definition) is 4. The molecule has 2 fully saturated rings. The first kappa shape index (κ1) is 13.3. The van der Waals surface area contributed by atoms with E-state index in [0.29, 0.717) is 12.6 Å². The van der Waals surface area contributed by atoms with Crippen molar-refractivity contribution in [3.05, 3.63) is 0 Å². The van der Waals surface area contributed by atoms with Crippen molar-refractivity contribution in [1.82, 2.24) is 10.2 Å². The number of likely N-dealkylation sites (tertiary alicyclic amines) is 1. The fraction of sp³-hybridized carbons (Fsp3) is 1.00. The van der Waals surface area contributed by atoms with Gasteiger partial charge >= 0.3 is 0 Å². The Morgan fingerprint density at radius 1 is 1.35 bits per heavy atom. The van der Waals surface area contributed by atoms with E-state index in [4.69, 9.17) is 4.74 Å². The number of methoxy groups -OCH3 is 1. The Balaban J connectivity index is 1.73. The number of rotatable bonds is 7. The van der Waals surface area contributed by atoms with Gasteiger partial charge in [0.1, 0.15) is 0 Å². The molecule has 1 saturated heterocycles. The summed E-state index contributed by atoms with van der Waals surface area (Å²) in [7, 11) is 1.64. The molecule has 1 aliphatic carbocycles. The van der Waals surface area contributed by atoms with Crippen LogP contribution in [0.15, 0.2) is 0 Å². The average molecular weight is 242 g/mol. The molecule has 0 aromatic heterocycles. The Morgan fingerprint density at radius 3 is 2.88 bits per heavy atom. The maximum atomic E-state index is 9.82. The zero-order chi connectivity index (χ0) is 12.1. The Morgan fingerprint density at radius 2 is 2.18 bits per heavy atom. The standard InChI is InChI=1S/C13H26N2O2/c1-17-10-13(16)9-15-7-3-2-4-12(15)8-14-11-5-6-11/h11-14,16H,2-10H2,1H3. The van der Waals surface area contributed by atoms with Crippen LogP contribution in [0.5, 0.6) is 0 Å². The summed E-state index contributed by atoms with van der Waals surface area (Å²) in [6.45, 7) is 3.41. The molecular formula is C13H26N2O2. The van der Waals surface area contributed by atoms with Crippen molar-refractivity contribution in [1.29, 1.82) is 0 Å². The fourth-order valence-electron chi connectivity index (χ4n) is 2.64. The molecule has 0 aromatic rings. The predicted octanol–water partition coefficient (Wildman–Crippen LogP) is 0.600. The van der Waals surface area contributed by atoms with E-state index in [2.05, 4.69) is 10.2 Å². The van der Waals surface area contributed by atoms with Crippen LogP contribution in [0.25, 0.3) is 0 Å². The van der Waals surface area contributed by atoms with Crippen molar-refractivity contribution >= 4 is 0 Å². The number of nitrogens with one attached hydrogen (secondary N) is 1. The summed E-state index contributed by atoms with van der Waals surface area (Å²) in [6.07, 6.45) is 6.20. The van der Waals surface area contributed by atoms with Crippen molar-refractivity contribution in [2.45, 2.75) is 50.3 Å². The van der Waals surface area contributed by atoms with E-state index < -0.39 is 0 Å². The third-order valence-electron chi connectivity index (χ3n) is 3.77. The molecule has 2 unspecified atom stereocenters.